The van der Waals surface area contributed by atoms with E-state index in [2.05, 4.69) is 15.7 Å². The zero-order chi connectivity index (χ0) is 15.6. The summed E-state index contributed by atoms with van der Waals surface area (Å²) in [5.74, 6) is -0.584. The molecule has 8 heteroatoms. The molecule has 0 bridgehead atoms. The van der Waals surface area contributed by atoms with E-state index in [-0.39, 0.29) is 5.69 Å². The largest absolute Gasteiger partial charge is 0.364 e. The fraction of sp³-hybridized carbons (Fsp3) is 0.154. The van der Waals surface area contributed by atoms with Crippen LogP contribution in [0.15, 0.2) is 24.4 Å². The molecule has 0 atom stereocenters. The Bertz CT molecular complexity index is 713. The van der Waals surface area contributed by atoms with Gasteiger partial charge in [0.1, 0.15) is 5.69 Å². The third kappa shape index (κ3) is 3.32. The predicted octanol–water partition coefficient (Wildman–Crippen LogP) is 2.29. The van der Waals surface area contributed by atoms with E-state index in [1.807, 2.05) is 19.1 Å². The highest BCUT2D eigenvalue weighted by Crippen LogP contribution is 2.23. The van der Waals surface area contributed by atoms with Crippen molar-refractivity contribution in [2.45, 2.75) is 6.92 Å². The second-order valence-electron chi connectivity index (χ2n) is 4.39. The number of benzene rings is 1. The van der Waals surface area contributed by atoms with Crippen molar-refractivity contribution in [2.24, 2.45) is 12.8 Å². The second kappa shape index (κ2) is 6.11. The van der Waals surface area contributed by atoms with E-state index < -0.39 is 5.91 Å². The Morgan fingerprint density at radius 1 is 1.38 bits per heavy atom. The van der Waals surface area contributed by atoms with Crippen molar-refractivity contribution in [3.63, 3.8) is 0 Å². The van der Waals surface area contributed by atoms with Crippen molar-refractivity contribution in [1.29, 1.82) is 0 Å². The van der Waals surface area contributed by atoms with Crippen LogP contribution >= 0.6 is 23.8 Å². The van der Waals surface area contributed by atoms with Crippen molar-refractivity contribution >= 4 is 46.2 Å². The van der Waals surface area contributed by atoms with Crippen molar-refractivity contribution in [2.75, 3.05) is 10.6 Å². The maximum absolute atomic E-state index is 11.4. The number of nitrogens with one attached hydrogen (secondary N) is 2. The highest BCUT2D eigenvalue weighted by molar-refractivity contribution is 7.80. The number of halogens is 1. The van der Waals surface area contributed by atoms with Crippen LogP contribution in [0.2, 0.25) is 5.02 Å². The number of thiocarbonyl (C=S) groups is 1. The van der Waals surface area contributed by atoms with E-state index in [4.69, 9.17) is 29.6 Å². The molecule has 0 spiro atoms. The summed E-state index contributed by atoms with van der Waals surface area (Å²) in [6, 6.07) is 5.47. The van der Waals surface area contributed by atoms with Crippen LogP contribution in [0, 0.1) is 6.92 Å². The van der Waals surface area contributed by atoms with E-state index in [1.165, 1.54) is 10.9 Å². The van der Waals surface area contributed by atoms with Gasteiger partial charge in [-0.2, -0.15) is 5.10 Å². The zero-order valence-electron chi connectivity index (χ0n) is 11.5. The highest BCUT2D eigenvalue weighted by atomic mass is 35.5. The van der Waals surface area contributed by atoms with E-state index in [0.717, 1.165) is 11.3 Å². The molecule has 6 nitrogen and oxygen atoms in total. The SMILES string of the molecule is Cc1c(Cl)cccc1NC(=S)Nc1cnn(C)c1C(N)=O. The smallest absolute Gasteiger partial charge is 0.269 e. The molecule has 4 N–H and O–H groups in total. The maximum atomic E-state index is 11.4. The van der Waals surface area contributed by atoms with Crippen molar-refractivity contribution in [3.05, 3.63) is 40.7 Å². The third-order valence-electron chi connectivity index (χ3n) is 2.94. The number of carbonyl (C=O) groups excluding carboxylic acids is 1. The molecule has 0 aliphatic heterocycles. The number of aryl methyl sites for hydroxylation is 1. The number of nitrogens with zero attached hydrogens (tertiary/aromatic N) is 2. The van der Waals surface area contributed by atoms with Gasteiger partial charge in [-0.25, -0.2) is 0 Å². The molecule has 1 amide bonds. The molecular formula is C13H14ClN5OS. The minimum absolute atomic E-state index is 0.252. The summed E-state index contributed by atoms with van der Waals surface area (Å²) in [7, 11) is 1.63. The molecule has 0 fully saturated rings. The molecule has 0 saturated heterocycles. The Morgan fingerprint density at radius 3 is 2.71 bits per heavy atom. The minimum atomic E-state index is -0.584. The molecule has 2 aromatic rings. The van der Waals surface area contributed by atoms with Gasteiger partial charge < -0.3 is 16.4 Å². The number of carbonyl (C=O) groups is 1. The molecule has 110 valence electrons. The van der Waals surface area contributed by atoms with Crippen LogP contribution in [-0.4, -0.2) is 20.8 Å². The second-order valence-corrected chi connectivity index (χ2v) is 5.20. The van der Waals surface area contributed by atoms with Crippen LogP contribution in [-0.2, 0) is 7.05 Å². The predicted molar refractivity (Wildman–Crippen MR) is 87.8 cm³/mol. The third-order valence-corrected chi connectivity index (χ3v) is 3.55. The molecule has 21 heavy (non-hydrogen) atoms. The Balaban J connectivity index is 2.16. The highest BCUT2D eigenvalue weighted by Gasteiger charge is 2.15. The van der Waals surface area contributed by atoms with Gasteiger partial charge in [-0.15, -0.1) is 0 Å². The Kier molecular flexibility index (Phi) is 4.44. The number of hydrogen-bond donors (Lipinski definition) is 3. The first-order valence-electron chi connectivity index (χ1n) is 6.05. The fourth-order valence-corrected chi connectivity index (χ4v) is 2.23. The van der Waals surface area contributed by atoms with Gasteiger partial charge in [0.2, 0.25) is 0 Å². The molecule has 1 aromatic heterocycles. The lowest BCUT2D eigenvalue weighted by Gasteiger charge is -2.13. The number of primary amides is 1. The van der Waals surface area contributed by atoms with E-state index in [9.17, 15) is 4.79 Å². The summed E-state index contributed by atoms with van der Waals surface area (Å²) in [4.78, 5) is 11.4. The summed E-state index contributed by atoms with van der Waals surface area (Å²) in [5, 5.41) is 10.9. The van der Waals surface area contributed by atoms with Crippen LogP contribution in [0.3, 0.4) is 0 Å². The lowest BCUT2D eigenvalue weighted by atomic mass is 10.2. The lowest BCUT2D eigenvalue weighted by molar-refractivity contribution is 0.0992. The zero-order valence-corrected chi connectivity index (χ0v) is 13.0. The van der Waals surface area contributed by atoms with Gasteiger partial charge in [0, 0.05) is 17.8 Å². The van der Waals surface area contributed by atoms with Gasteiger partial charge in [-0.05, 0) is 36.8 Å². The van der Waals surface area contributed by atoms with Gasteiger partial charge >= 0.3 is 0 Å². The summed E-state index contributed by atoms with van der Waals surface area (Å²) in [5.41, 5.74) is 7.67. The number of anilines is 2. The van der Waals surface area contributed by atoms with Gasteiger partial charge in [0.15, 0.2) is 5.11 Å². The summed E-state index contributed by atoms with van der Waals surface area (Å²) >= 11 is 11.3. The molecule has 1 aromatic carbocycles. The van der Waals surface area contributed by atoms with Crippen LogP contribution in [0.4, 0.5) is 11.4 Å². The van der Waals surface area contributed by atoms with Crippen LogP contribution in [0.1, 0.15) is 16.1 Å². The summed E-state index contributed by atoms with van der Waals surface area (Å²) < 4.78 is 1.39. The maximum Gasteiger partial charge on any atom is 0.269 e. The first-order valence-corrected chi connectivity index (χ1v) is 6.83. The number of aromatic nitrogens is 2. The first-order chi connectivity index (χ1) is 9.90. The molecular weight excluding hydrogens is 310 g/mol. The fourth-order valence-electron chi connectivity index (χ4n) is 1.84. The van der Waals surface area contributed by atoms with Crippen molar-refractivity contribution in [1.82, 2.24) is 9.78 Å². The summed E-state index contributed by atoms with van der Waals surface area (Å²) in [6.45, 7) is 1.88. The average molecular weight is 324 g/mol. The number of nitrogens with two attached hydrogens (primary N) is 1. The van der Waals surface area contributed by atoms with E-state index in [1.54, 1.807) is 13.1 Å². The van der Waals surface area contributed by atoms with Crippen LogP contribution in [0.5, 0.6) is 0 Å². The van der Waals surface area contributed by atoms with Crippen molar-refractivity contribution in [3.8, 4) is 0 Å². The number of amides is 1. The number of rotatable bonds is 3. The van der Waals surface area contributed by atoms with E-state index >= 15 is 0 Å². The molecule has 0 unspecified atom stereocenters. The van der Waals surface area contributed by atoms with Gasteiger partial charge in [-0.1, -0.05) is 17.7 Å². The molecule has 0 aliphatic rings. The summed E-state index contributed by atoms with van der Waals surface area (Å²) in [6.07, 6.45) is 1.49. The molecule has 0 aliphatic carbocycles. The Morgan fingerprint density at radius 2 is 2.05 bits per heavy atom. The lowest BCUT2D eigenvalue weighted by Crippen LogP contribution is -2.23. The standard InChI is InChI=1S/C13H14ClN5OS/c1-7-8(14)4-3-5-9(7)17-13(21)18-10-6-16-19(2)11(10)12(15)20/h3-6H,1-2H3,(H2,15,20)(H2,17,18,21). The van der Waals surface area contributed by atoms with E-state index in [0.29, 0.717) is 15.8 Å². The minimum Gasteiger partial charge on any atom is -0.364 e. The van der Waals surface area contributed by atoms with Gasteiger partial charge in [0.05, 0.1) is 11.9 Å². The number of hydrogen-bond acceptors (Lipinski definition) is 3. The van der Waals surface area contributed by atoms with Gasteiger partial charge in [0.25, 0.3) is 5.91 Å². The average Bonchev–Trinajstić information content (AvgIpc) is 2.76. The Labute approximate surface area is 132 Å². The quantitative estimate of drug-likeness (QED) is 0.755. The molecule has 1 heterocycles. The van der Waals surface area contributed by atoms with Crippen molar-refractivity contribution < 1.29 is 4.79 Å². The molecule has 0 saturated carbocycles. The van der Waals surface area contributed by atoms with Gasteiger partial charge in [-0.3, -0.25) is 9.48 Å². The van der Waals surface area contributed by atoms with Crippen LogP contribution in [0.25, 0.3) is 0 Å². The topological polar surface area (TPSA) is 85.0 Å². The van der Waals surface area contributed by atoms with Crippen LogP contribution < -0.4 is 16.4 Å². The molecule has 2 rings (SSSR count). The Hall–Kier alpha value is -2.12. The monoisotopic (exact) mass is 323 g/mol. The normalized spacial score (nSPS) is 10.2. The molecule has 0 radical (unpaired) electrons. The first kappa shape index (κ1) is 15.3.